The summed E-state index contributed by atoms with van der Waals surface area (Å²) in [7, 11) is 0. The van der Waals surface area contributed by atoms with Gasteiger partial charge in [-0.25, -0.2) is 4.98 Å². The highest BCUT2D eigenvalue weighted by atomic mass is 32.2. The summed E-state index contributed by atoms with van der Waals surface area (Å²) in [5, 5.41) is 16.5. The van der Waals surface area contributed by atoms with Crippen LogP contribution in [0.25, 0.3) is 0 Å². The van der Waals surface area contributed by atoms with Gasteiger partial charge in [0.1, 0.15) is 5.60 Å². The van der Waals surface area contributed by atoms with Crippen molar-refractivity contribution in [1.82, 2.24) is 10.3 Å². The molecule has 140 valence electrons. The lowest BCUT2D eigenvalue weighted by Gasteiger charge is -2.24. The van der Waals surface area contributed by atoms with Gasteiger partial charge >= 0.3 is 0 Å². The first kappa shape index (κ1) is 19.6. The second kappa shape index (κ2) is 8.69. The van der Waals surface area contributed by atoms with Gasteiger partial charge in [-0.05, 0) is 43.7 Å². The zero-order valence-electron chi connectivity index (χ0n) is 15.3. The van der Waals surface area contributed by atoms with Crippen LogP contribution < -0.4 is 5.32 Å². The van der Waals surface area contributed by atoms with Crippen molar-refractivity contribution in [2.24, 2.45) is 0 Å². The monoisotopic (exact) mass is 398 g/mol. The van der Waals surface area contributed by atoms with Gasteiger partial charge in [0.15, 0.2) is 0 Å². The van der Waals surface area contributed by atoms with Crippen molar-refractivity contribution in [2.45, 2.75) is 30.1 Å². The minimum Gasteiger partial charge on any atom is -0.384 e. The van der Waals surface area contributed by atoms with Crippen LogP contribution in [0.3, 0.4) is 0 Å². The molecule has 0 saturated carbocycles. The van der Waals surface area contributed by atoms with Crippen molar-refractivity contribution in [2.75, 3.05) is 6.54 Å². The summed E-state index contributed by atoms with van der Waals surface area (Å²) in [5.41, 5.74) is 1.31. The van der Waals surface area contributed by atoms with E-state index < -0.39 is 5.60 Å². The molecule has 1 atom stereocenters. The number of thioether (sulfide) groups is 1. The molecular weight excluding hydrogens is 376 g/mol. The van der Waals surface area contributed by atoms with Crippen LogP contribution in [0.15, 0.2) is 64.9 Å². The molecule has 0 bridgehead atoms. The minimum atomic E-state index is -1.11. The number of nitrogens with one attached hydrogen (secondary N) is 1. The Morgan fingerprint density at radius 1 is 1.19 bits per heavy atom. The Hall–Kier alpha value is -2.15. The van der Waals surface area contributed by atoms with Crippen molar-refractivity contribution in [3.05, 3.63) is 81.8 Å². The first-order chi connectivity index (χ1) is 12.9. The van der Waals surface area contributed by atoms with Gasteiger partial charge in [0, 0.05) is 21.6 Å². The fraction of sp³-hybridized carbons (Fsp3) is 0.238. The van der Waals surface area contributed by atoms with E-state index in [9.17, 15) is 9.90 Å². The van der Waals surface area contributed by atoms with E-state index in [-0.39, 0.29) is 12.5 Å². The fourth-order valence-corrected chi connectivity index (χ4v) is 4.10. The molecule has 6 heteroatoms. The maximum absolute atomic E-state index is 12.4. The highest BCUT2D eigenvalue weighted by molar-refractivity contribution is 7.98. The van der Waals surface area contributed by atoms with Crippen LogP contribution in [-0.2, 0) is 11.4 Å². The Balaban J connectivity index is 1.54. The molecule has 2 aromatic carbocycles. The zero-order chi connectivity index (χ0) is 19.3. The van der Waals surface area contributed by atoms with Crippen molar-refractivity contribution in [3.63, 3.8) is 0 Å². The standard InChI is InChI=1S/C21H22N2O2S2/c1-15-23-18(12-26-15)13-27-19-10-8-16(9-11-19)20(24)22-14-21(2,25)17-6-4-3-5-7-17/h3-12,25H,13-14H2,1-2H3,(H,22,24)/t21-/m1/s1. The average molecular weight is 399 g/mol. The van der Waals surface area contributed by atoms with Gasteiger partial charge in [-0.1, -0.05) is 30.3 Å². The van der Waals surface area contributed by atoms with Gasteiger partial charge in [-0.3, -0.25) is 4.79 Å². The number of aryl methyl sites for hydroxylation is 1. The number of benzene rings is 2. The Morgan fingerprint density at radius 3 is 2.52 bits per heavy atom. The van der Waals surface area contributed by atoms with E-state index in [0.29, 0.717) is 5.56 Å². The smallest absolute Gasteiger partial charge is 0.251 e. The molecular formula is C21H22N2O2S2. The Kier molecular flexibility index (Phi) is 6.31. The molecule has 0 saturated heterocycles. The molecule has 4 nitrogen and oxygen atoms in total. The molecule has 3 aromatic rings. The maximum Gasteiger partial charge on any atom is 0.251 e. The van der Waals surface area contributed by atoms with Gasteiger partial charge in [0.25, 0.3) is 5.91 Å². The molecule has 0 unspecified atom stereocenters. The van der Waals surface area contributed by atoms with Crippen LogP contribution in [0, 0.1) is 6.92 Å². The van der Waals surface area contributed by atoms with E-state index in [4.69, 9.17) is 0 Å². The first-order valence-corrected chi connectivity index (χ1v) is 10.5. The van der Waals surface area contributed by atoms with Crippen molar-refractivity contribution >= 4 is 29.0 Å². The summed E-state index contributed by atoms with van der Waals surface area (Å²) < 4.78 is 0. The normalized spacial score (nSPS) is 13.1. The first-order valence-electron chi connectivity index (χ1n) is 8.64. The van der Waals surface area contributed by atoms with Gasteiger partial charge in [0.2, 0.25) is 0 Å². The summed E-state index contributed by atoms with van der Waals surface area (Å²) in [5.74, 6) is 0.619. The largest absolute Gasteiger partial charge is 0.384 e. The lowest BCUT2D eigenvalue weighted by molar-refractivity contribution is 0.0526. The summed E-state index contributed by atoms with van der Waals surface area (Å²) in [6.07, 6.45) is 0. The van der Waals surface area contributed by atoms with Crippen molar-refractivity contribution in [1.29, 1.82) is 0 Å². The molecule has 0 aliphatic carbocycles. The predicted molar refractivity (Wildman–Crippen MR) is 111 cm³/mol. The number of hydrogen-bond donors (Lipinski definition) is 2. The quantitative estimate of drug-likeness (QED) is 0.580. The van der Waals surface area contributed by atoms with E-state index in [2.05, 4.69) is 15.7 Å². The Morgan fingerprint density at radius 2 is 1.89 bits per heavy atom. The van der Waals surface area contributed by atoms with Gasteiger partial charge in [-0.2, -0.15) is 0 Å². The molecule has 2 N–H and O–H groups in total. The predicted octanol–water partition coefficient (Wildman–Crippen LogP) is 4.38. The summed E-state index contributed by atoms with van der Waals surface area (Å²) in [6, 6.07) is 16.8. The third kappa shape index (κ3) is 5.42. The molecule has 3 rings (SSSR count). The molecule has 0 spiro atoms. The van der Waals surface area contributed by atoms with Gasteiger partial charge in [0.05, 0.1) is 17.2 Å². The number of nitrogens with zero attached hydrogens (tertiary/aromatic N) is 1. The Labute approximate surface area is 167 Å². The number of carbonyl (C=O) groups excluding carboxylic acids is 1. The summed E-state index contributed by atoms with van der Waals surface area (Å²) >= 11 is 3.35. The molecule has 0 fully saturated rings. The average Bonchev–Trinajstić information content (AvgIpc) is 3.11. The molecule has 0 radical (unpaired) electrons. The van der Waals surface area contributed by atoms with E-state index in [0.717, 1.165) is 26.9 Å². The van der Waals surface area contributed by atoms with Gasteiger partial charge < -0.3 is 10.4 Å². The summed E-state index contributed by atoms with van der Waals surface area (Å²) in [4.78, 5) is 17.9. The number of amides is 1. The topological polar surface area (TPSA) is 62.2 Å². The van der Waals surface area contributed by atoms with Crippen LogP contribution in [-0.4, -0.2) is 22.5 Å². The second-order valence-electron chi connectivity index (χ2n) is 6.49. The highest BCUT2D eigenvalue weighted by Gasteiger charge is 2.23. The molecule has 1 heterocycles. The van der Waals surface area contributed by atoms with Crippen LogP contribution >= 0.6 is 23.1 Å². The van der Waals surface area contributed by atoms with Gasteiger partial charge in [-0.15, -0.1) is 23.1 Å². The maximum atomic E-state index is 12.4. The van der Waals surface area contributed by atoms with Crippen LogP contribution in [0.1, 0.15) is 33.5 Å². The lowest BCUT2D eigenvalue weighted by Crippen LogP contribution is -2.38. The number of carbonyl (C=O) groups is 1. The van der Waals surface area contributed by atoms with E-state index >= 15 is 0 Å². The number of hydrogen-bond acceptors (Lipinski definition) is 5. The van der Waals surface area contributed by atoms with E-state index in [1.54, 1.807) is 42.2 Å². The van der Waals surface area contributed by atoms with E-state index in [1.807, 2.05) is 49.4 Å². The van der Waals surface area contributed by atoms with E-state index in [1.165, 1.54) is 0 Å². The van der Waals surface area contributed by atoms with Crippen molar-refractivity contribution < 1.29 is 9.90 Å². The third-order valence-electron chi connectivity index (χ3n) is 4.16. The minimum absolute atomic E-state index is 0.148. The number of aromatic nitrogens is 1. The van der Waals surface area contributed by atoms with Crippen LogP contribution in [0.2, 0.25) is 0 Å². The number of aliphatic hydroxyl groups is 1. The zero-order valence-corrected chi connectivity index (χ0v) is 16.9. The molecule has 1 aromatic heterocycles. The fourth-order valence-electron chi connectivity index (χ4n) is 2.59. The molecule has 1 amide bonds. The number of thiazole rings is 1. The second-order valence-corrected chi connectivity index (χ2v) is 8.60. The Bertz CT molecular complexity index is 890. The van der Waals surface area contributed by atoms with Crippen molar-refractivity contribution in [3.8, 4) is 0 Å². The third-order valence-corrected chi connectivity index (χ3v) is 6.03. The molecule has 27 heavy (non-hydrogen) atoms. The molecule has 0 aliphatic rings. The van der Waals surface area contributed by atoms with Crippen LogP contribution in [0.5, 0.6) is 0 Å². The number of rotatable bonds is 7. The SMILES string of the molecule is Cc1nc(CSc2ccc(C(=O)NC[C@@](C)(O)c3ccccc3)cc2)cs1. The lowest BCUT2D eigenvalue weighted by atomic mass is 9.96. The molecule has 0 aliphatic heterocycles. The highest BCUT2D eigenvalue weighted by Crippen LogP contribution is 2.24. The summed E-state index contributed by atoms with van der Waals surface area (Å²) in [6.45, 7) is 3.85. The van der Waals surface area contributed by atoms with Crippen LogP contribution in [0.4, 0.5) is 0 Å².